The van der Waals surface area contributed by atoms with Gasteiger partial charge in [0.05, 0.1) is 13.2 Å². The lowest BCUT2D eigenvalue weighted by Gasteiger charge is -2.15. The van der Waals surface area contributed by atoms with E-state index in [4.69, 9.17) is 4.74 Å². The number of ether oxygens (including phenoxy) is 1. The number of para-hydroxylation sites is 1. The Labute approximate surface area is 120 Å². The Balaban J connectivity index is 1.80. The monoisotopic (exact) mass is 268 g/mol. The zero-order valence-electron chi connectivity index (χ0n) is 11.8. The van der Waals surface area contributed by atoms with E-state index in [0.717, 1.165) is 11.3 Å². The number of hydrogen-bond acceptors (Lipinski definition) is 2. The van der Waals surface area contributed by atoms with Crippen LogP contribution < -0.4 is 4.74 Å². The maximum Gasteiger partial charge on any atom is 0.124 e. The van der Waals surface area contributed by atoms with Crippen molar-refractivity contribution < 1.29 is 9.84 Å². The Kier molecular flexibility index (Phi) is 3.75. The van der Waals surface area contributed by atoms with Crippen molar-refractivity contribution in [3.05, 3.63) is 64.7 Å². The van der Waals surface area contributed by atoms with Gasteiger partial charge in [0.15, 0.2) is 0 Å². The van der Waals surface area contributed by atoms with E-state index in [1.54, 1.807) is 7.11 Å². The van der Waals surface area contributed by atoms with Crippen molar-refractivity contribution in [1.82, 2.24) is 0 Å². The van der Waals surface area contributed by atoms with Gasteiger partial charge in [0.1, 0.15) is 5.75 Å². The molecule has 0 amide bonds. The average molecular weight is 268 g/mol. The van der Waals surface area contributed by atoms with Gasteiger partial charge in [0.2, 0.25) is 0 Å². The lowest BCUT2D eigenvalue weighted by molar-refractivity contribution is 0.174. The molecular formula is C18H20O2. The summed E-state index contributed by atoms with van der Waals surface area (Å²) in [5, 5.41) is 10.5. The largest absolute Gasteiger partial charge is 0.496 e. The third kappa shape index (κ3) is 2.56. The first-order valence-corrected chi connectivity index (χ1v) is 7.19. The highest BCUT2D eigenvalue weighted by molar-refractivity contribution is 5.38. The molecule has 0 heterocycles. The number of hydrogen-bond donors (Lipinski definition) is 1. The highest BCUT2D eigenvalue weighted by atomic mass is 16.5. The van der Waals surface area contributed by atoms with E-state index in [2.05, 4.69) is 18.2 Å². The van der Waals surface area contributed by atoms with Crippen LogP contribution >= 0.6 is 0 Å². The molecule has 2 aromatic rings. The van der Waals surface area contributed by atoms with Crippen molar-refractivity contribution in [3.8, 4) is 5.75 Å². The Bertz CT molecular complexity index is 604. The van der Waals surface area contributed by atoms with E-state index in [1.807, 2.05) is 24.3 Å². The molecule has 0 spiro atoms. The molecule has 2 nitrogen and oxygen atoms in total. The molecular weight excluding hydrogens is 248 g/mol. The van der Waals surface area contributed by atoms with E-state index in [1.165, 1.54) is 36.0 Å². The third-order valence-electron chi connectivity index (χ3n) is 4.09. The summed E-state index contributed by atoms with van der Waals surface area (Å²) in [6.07, 6.45) is 3.74. The van der Waals surface area contributed by atoms with Gasteiger partial charge in [0, 0.05) is 12.0 Å². The minimum Gasteiger partial charge on any atom is -0.496 e. The number of aliphatic hydroxyl groups excluding tert-OH is 1. The molecule has 0 bridgehead atoms. The molecule has 20 heavy (non-hydrogen) atoms. The number of methoxy groups -OCH3 is 1. The second-order valence-electron chi connectivity index (χ2n) is 5.42. The van der Waals surface area contributed by atoms with Crippen LogP contribution in [0, 0.1) is 0 Å². The van der Waals surface area contributed by atoms with Gasteiger partial charge < -0.3 is 9.84 Å². The van der Waals surface area contributed by atoms with E-state index in [0.29, 0.717) is 6.42 Å². The molecule has 0 saturated carbocycles. The summed E-state index contributed by atoms with van der Waals surface area (Å²) in [6.45, 7) is 0. The fourth-order valence-corrected chi connectivity index (χ4v) is 3.03. The Morgan fingerprint density at radius 1 is 1.10 bits per heavy atom. The normalized spacial score (nSPS) is 14.9. The van der Waals surface area contributed by atoms with E-state index in [-0.39, 0.29) is 0 Å². The van der Waals surface area contributed by atoms with Crippen LogP contribution in [0.2, 0.25) is 0 Å². The SMILES string of the molecule is COc1ccccc1C(O)Cc1ccc2c(c1)CCC2. The Morgan fingerprint density at radius 2 is 1.90 bits per heavy atom. The summed E-state index contributed by atoms with van der Waals surface area (Å²) in [6, 6.07) is 14.3. The molecule has 1 unspecified atom stereocenters. The van der Waals surface area contributed by atoms with Crippen LogP contribution in [0.5, 0.6) is 5.75 Å². The smallest absolute Gasteiger partial charge is 0.124 e. The van der Waals surface area contributed by atoms with Gasteiger partial charge in [-0.1, -0.05) is 36.4 Å². The predicted octanol–water partition coefficient (Wildman–Crippen LogP) is 3.46. The molecule has 0 fully saturated rings. The van der Waals surface area contributed by atoms with Crippen LogP contribution in [0.1, 0.15) is 34.8 Å². The van der Waals surface area contributed by atoms with Crippen molar-refractivity contribution in [3.63, 3.8) is 0 Å². The van der Waals surface area contributed by atoms with Crippen molar-refractivity contribution in [2.24, 2.45) is 0 Å². The second-order valence-corrected chi connectivity index (χ2v) is 5.42. The summed E-state index contributed by atoms with van der Waals surface area (Å²) in [5.41, 5.74) is 4.98. The average Bonchev–Trinajstić information content (AvgIpc) is 2.94. The molecule has 0 aromatic heterocycles. The van der Waals surface area contributed by atoms with E-state index >= 15 is 0 Å². The highest BCUT2D eigenvalue weighted by Gasteiger charge is 2.15. The van der Waals surface area contributed by atoms with Gasteiger partial charge in [-0.15, -0.1) is 0 Å². The zero-order valence-corrected chi connectivity index (χ0v) is 11.8. The minimum absolute atomic E-state index is 0.523. The van der Waals surface area contributed by atoms with Gasteiger partial charge in [-0.05, 0) is 42.0 Å². The minimum atomic E-state index is -0.523. The summed E-state index contributed by atoms with van der Waals surface area (Å²) >= 11 is 0. The van der Waals surface area contributed by atoms with Crippen LogP contribution in [0.25, 0.3) is 0 Å². The second kappa shape index (κ2) is 5.68. The summed E-state index contributed by atoms with van der Waals surface area (Å²) in [4.78, 5) is 0. The summed E-state index contributed by atoms with van der Waals surface area (Å²) < 4.78 is 5.32. The van der Waals surface area contributed by atoms with Crippen LogP contribution in [0.3, 0.4) is 0 Å². The maximum absolute atomic E-state index is 10.5. The molecule has 0 saturated heterocycles. The predicted molar refractivity (Wildman–Crippen MR) is 80.1 cm³/mol. The van der Waals surface area contributed by atoms with Crippen LogP contribution in [0.15, 0.2) is 42.5 Å². The van der Waals surface area contributed by atoms with Gasteiger partial charge in [-0.3, -0.25) is 0 Å². The molecule has 0 aliphatic heterocycles. The maximum atomic E-state index is 10.5. The molecule has 1 atom stereocenters. The van der Waals surface area contributed by atoms with Crippen molar-refractivity contribution in [1.29, 1.82) is 0 Å². The van der Waals surface area contributed by atoms with Crippen molar-refractivity contribution in [2.75, 3.05) is 7.11 Å². The first-order chi connectivity index (χ1) is 9.78. The molecule has 104 valence electrons. The Morgan fingerprint density at radius 3 is 2.75 bits per heavy atom. The van der Waals surface area contributed by atoms with Gasteiger partial charge in [0.25, 0.3) is 0 Å². The number of fused-ring (bicyclic) bond motifs is 1. The topological polar surface area (TPSA) is 29.5 Å². The van der Waals surface area contributed by atoms with E-state index < -0.39 is 6.10 Å². The molecule has 2 heteroatoms. The first kappa shape index (κ1) is 13.2. The van der Waals surface area contributed by atoms with Crippen molar-refractivity contribution >= 4 is 0 Å². The summed E-state index contributed by atoms with van der Waals surface area (Å²) in [5.74, 6) is 0.751. The lowest BCUT2D eigenvalue weighted by Crippen LogP contribution is -2.04. The first-order valence-electron chi connectivity index (χ1n) is 7.19. The third-order valence-corrected chi connectivity index (χ3v) is 4.09. The van der Waals surface area contributed by atoms with Gasteiger partial charge >= 0.3 is 0 Å². The quantitative estimate of drug-likeness (QED) is 0.920. The van der Waals surface area contributed by atoms with Crippen LogP contribution in [-0.2, 0) is 19.3 Å². The zero-order chi connectivity index (χ0) is 13.9. The number of rotatable bonds is 4. The molecule has 2 aromatic carbocycles. The van der Waals surface area contributed by atoms with E-state index in [9.17, 15) is 5.11 Å². The molecule has 0 radical (unpaired) electrons. The molecule has 3 rings (SSSR count). The molecule has 1 N–H and O–H groups in total. The lowest BCUT2D eigenvalue weighted by atomic mass is 9.98. The van der Waals surface area contributed by atoms with Crippen LogP contribution in [0.4, 0.5) is 0 Å². The summed E-state index contributed by atoms with van der Waals surface area (Å²) in [7, 11) is 1.64. The number of benzene rings is 2. The van der Waals surface area contributed by atoms with Gasteiger partial charge in [-0.2, -0.15) is 0 Å². The molecule has 1 aliphatic rings. The van der Waals surface area contributed by atoms with Crippen LogP contribution in [-0.4, -0.2) is 12.2 Å². The molecule has 1 aliphatic carbocycles. The highest BCUT2D eigenvalue weighted by Crippen LogP contribution is 2.29. The van der Waals surface area contributed by atoms with Crippen molar-refractivity contribution in [2.45, 2.75) is 31.8 Å². The fourth-order valence-electron chi connectivity index (χ4n) is 3.03. The number of aryl methyl sites for hydroxylation is 2. The standard InChI is InChI=1S/C18H20O2/c1-20-18-8-3-2-7-16(18)17(19)12-13-9-10-14-5-4-6-15(14)11-13/h2-3,7-11,17,19H,4-6,12H2,1H3. The number of aliphatic hydroxyl groups is 1. The fraction of sp³-hybridized carbons (Fsp3) is 0.333. The Hall–Kier alpha value is -1.80. The van der Waals surface area contributed by atoms with Gasteiger partial charge in [-0.25, -0.2) is 0 Å².